The molecule has 1 aliphatic rings. The molecule has 0 aliphatic carbocycles. The lowest BCUT2D eigenvalue weighted by Gasteiger charge is -2.26. The van der Waals surface area contributed by atoms with Crippen LogP contribution in [0.25, 0.3) is 0 Å². The number of anilines is 1. The van der Waals surface area contributed by atoms with Crippen molar-refractivity contribution in [3.05, 3.63) is 94.5 Å². The molecule has 0 saturated heterocycles. The monoisotopic (exact) mass is 414 g/mol. The van der Waals surface area contributed by atoms with E-state index in [1.165, 1.54) is 0 Å². The summed E-state index contributed by atoms with van der Waals surface area (Å²) in [5.41, 5.74) is 4.93. The molecule has 0 fully saturated rings. The number of benzene rings is 3. The van der Waals surface area contributed by atoms with Gasteiger partial charge in [0.05, 0.1) is 13.2 Å². The second-order valence-electron chi connectivity index (χ2n) is 7.72. The van der Waals surface area contributed by atoms with E-state index in [0.29, 0.717) is 12.2 Å². The minimum atomic E-state index is -0.711. The van der Waals surface area contributed by atoms with Crippen molar-refractivity contribution in [1.29, 1.82) is 0 Å². The molecule has 1 aliphatic heterocycles. The number of nitrogens with zero attached hydrogens (tertiary/aromatic N) is 1. The molecule has 1 atom stereocenters. The third-order valence-corrected chi connectivity index (χ3v) is 5.65. The third kappa shape index (κ3) is 3.91. The summed E-state index contributed by atoms with van der Waals surface area (Å²) in [6, 6.07) is 20.2. The Kier molecular flexibility index (Phi) is 5.76. The van der Waals surface area contributed by atoms with Gasteiger partial charge in [0.1, 0.15) is 11.8 Å². The van der Waals surface area contributed by atoms with Gasteiger partial charge in [-0.3, -0.25) is 9.59 Å². The van der Waals surface area contributed by atoms with E-state index >= 15 is 0 Å². The van der Waals surface area contributed by atoms with E-state index in [4.69, 9.17) is 4.74 Å². The molecule has 1 N–H and O–H groups in total. The Morgan fingerprint density at radius 1 is 0.968 bits per heavy atom. The molecule has 1 unspecified atom stereocenters. The molecule has 0 saturated carbocycles. The maximum Gasteiger partial charge on any atom is 0.255 e. The van der Waals surface area contributed by atoms with Crippen LogP contribution in [0.2, 0.25) is 0 Å². The lowest BCUT2D eigenvalue weighted by atomic mass is 10.0. The highest BCUT2D eigenvalue weighted by molar-refractivity contribution is 6.08. The predicted octanol–water partition coefficient (Wildman–Crippen LogP) is 5.04. The molecule has 2 amide bonds. The van der Waals surface area contributed by atoms with Crippen LogP contribution in [0.3, 0.4) is 0 Å². The van der Waals surface area contributed by atoms with Crippen LogP contribution in [0.15, 0.2) is 66.7 Å². The van der Waals surface area contributed by atoms with E-state index < -0.39 is 6.04 Å². The molecule has 1 heterocycles. The third-order valence-electron chi connectivity index (χ3n) is 5.65. The van der Waals surface area contributed by atoms with E-state index in [0.717, 1.165) is 33.7 Å². The number of aryl methyl sites for hydroxylation is 2. The molecule has 4 rings (SSSR count). The fourth-order valence-corrected chi connectivity index (χ4v) is 4.13. The SMILES string of the molecule is CCOc1ccccc1CN1C(=O)c2ccccc2C1C(=O)Nc1c(C)cccc1C. The summed E-state index contributed by atoms with van der Waals surface area (Å²) in [7, 11) is 0. The Morgan fingerprint density at radius 3 is 2.39 bits per heavy atom. The zero-order valence-corrected chi connectivity index (χ0v) is 18.0. The zero-order chi connectivity index (χ0) is 22.0. The summed E-state index contributed by atoms with van der Waals surface area (Å²) in [4.78, 5) is 28.4. The summed E-state index contributed by atoms with van der Waals surface area (Å²) < 4.78 is 5.74. The molecule has 5 heteroatoms. The van der Waals surface area contributed by atoms with Crippen molar-refractivity contribution in [3.8, 4) is 5.75 Å². The van der Waals surface area contributed by atoms with Gasteiger partial charge in [-0.2, -0.15) is 0 Å². The molecule has 0 bridgehead atoms. The first-order chi connectivity index (χ1) is 15.0. The van der Waals surface area contributed by atoms with Crippen LogP contribution in [-0.4, -0.2) is 23.3 Å². The van der Waals surface area contributed by atoms with E-state index in [2.05, 4.69) is 5.32 Å². The molecule has 0 radical (unpaired) electrons. The van der Waals surface area contributed by atoms with Gasteiger partial charge >= 0.3 is 0 Å². The van der Waals surface area contributed by atoms with Crippen molar-refractivity contribution >= 4 is 17.5 Å². The Balaban J connectivity index is 1.71. The van der Waals surface area contributed by atoms with E-state index in [9.17, 15) is 9.59 Å². The smallest absolute Gasteiger partial charge is 0.255 e. The Morgan fingerprint density at radius 2 is 1.65 bits per heavy atom. The summed E-state index contributed by atoms with van der Waals surface area (Å²) in [6.45, 7) is 6.67. The molecule has 0 aromatic heterocycles. The van der Waals surface area contributed by atoms with Crippen LogP contribution in [0.4, 0.5) is 5.69 Å². The van der Waals surface area contributed by atoms with E-state index in [1.807, 2.05) is 81.4 Å². The minimum Gasteiger partial charge on any atom is -0.494 e. The lowest BCUT2D eigenvalue weighted by molar-refractivity contribution is -0.120. The number of amides is 2. The van der Waals surface area contributed by atoms with Crippen LogP contribution in [0.5, 0.6) is 5.75 Å². The number of carbonyl (C=O) groups excluding carboxylic acids is 2. The summed E-state index contributed by atoms with van der Waals surface area (Å²) in [6.07, 6.45) is 0. The van der Waals surface area contributed by atoms with Crippen molar-refractivity contribution in [2.24, 2.45) is 0 Å². The first-order valence-corrected chi connectivity index (χ1v) is 10.5. The number of hydrogen-bond acceptors (Lipinski definition) is 3. The van der Waals surface area contributed by atoms with Crippen molar-refractivity contribution in [2.45, 2.75) is 33.4 Å². The van der Waals surface area contributed by atoms with Crippen LogP contribution in [-0.2, 0) is 11.3 Å². The second-order valence-corrected chi connectivity index (χ2v) is 7.72. The fourth-order valence-electron chi connectivity index (χ4n) is 4.13. The second kappa shape index (κ2) is 8.64. The molecule has 3 aromatic carbocycles. The van der Waals surface area contributed by atoms with Gasteiger partial charge in [-0.1, -0.05) is 54.6 Å². The van der Waals surface area contributed by atoms with E-state index in [-0.39, 0.29) is 18.4 Å². The standard InChI is InChI=1S/C26H26N2O3/c1-4-31-22-15-8-5-12-19(22)16-28-24(20-13-6-7-14-21(20)26(28)30)25(29)27-23-17(2)10-9-11-18(23)3/h5-15,24H,4,16H2,1-3H3,(H,27,29). The molecular formula is C26H26N2O3. The summed E-state index contributed by atoms with van der Waals surface area (Å²) >= 11 is 0. The van der Waals surface area contributed by atoms with Crippen LogP contribution in [0.1, 0.15) is 45.6 Å². The van der Waals surface area contributed by atoms with Crippen LogP contribution >= 0.6 is 0 Å². The topological polar surface area (TPSA) is 58.6 Å². The quantitative estimate of drug-likeness (QED) is 0.615. The number of fused-ring (bicyclic) bond motifs is 1. The number of rotatable bonds is 6. The fraction of sp³-hybridized carbons (Fsp3) is 0.231. The molecule has 3 aromatic rings. The van der Waals surface area contributed by atoms with Gasteiger partial charge in [0.25, 0.3) is 11.8 Å². The van der Waals surface area contributed by atoms with Crippen LogP contribution in [0, 0.1) is 13.8 Å². The van der Waals surface area contributed by atoms with Gasteiger partial charge < -0.3 is 15.0 Å². The van der Waals surface area contributed by atoms with Crippen molar-refractivity contribution < 1.29 is 14.3 Å². The van der Waals surface area contributed by atoms with Crippen molar-refractivity contribution in [2.75, 3.05) is 11.9 Å². The van der Waals surface area contributed by atoms with Crippen molar-refractivity contribution in [3.63, 3.8) is 0 Å². The zero-order valence-electron chi connectivity index (χ0n) is 18.0. The highest BCUT2D eigenvalue weighted by atomic mass is 16.5. The first kappa shape index (κ1) is 20.7. The lowest BCUT2D eigenvalue weighted by Crippen LogP contribution is -2.35. The Labute approximate surface area is 182 Å². The van der Waals surface area contributed by atoms with Gasteiger partial charge in [-0.25, -0.2) is 0 Å². The predicted molar refractivity (Wildman–Crippen MR) is 121 cm³/mol. The number of nitrogens with one attached hydrogen (secondary N) is 1. The normalized spacial score (nSPS) is 15.0. The molecular weight excluding hydrogens is 388 g/mol. The average molecular weight is 415 g/mol. The minimum absolute atomic E-state index is 0.149. The van der Waals surface area contributed by atoms with E-state index in [1.54, 1.807) is 11.0 Å². The highest BCUT2D eigenvalue weighted by Gasteiger charge is 2.41. The van der Waals surface area contributed by atoms with Crippen LogP contribution < -0.4 is 10.1 Å². The largest absolute Gasteiger partial charge is 0.494 e. The van der Waals surface area contributed by atoms with Gasteiger partial charge in [0, 0.05) is 16.8 Å². The molecule has 31 heavy (non-hydrogen) atoms. The average Bonchev–Trinajstić information content (AvgIpc) is 3.04. The van der Waals surface area contributed by atoms with Gasteiger partial charge in [0.15, 0.2) is 0 Å². The highest BCUT2D eigenvalue weighted by Crippen LogP contribution is 2.37. The summed E-state index contributed by atoms with van der Waals surface area (Å²) in [5, 5.41) is 3.07. The first-order valence-electron chi connectivity index (χ1n) is 10.5. The number of ether oxygens (including phenoxy) is 1. The summed E-state index contributed by atoms with van der Waals surface area (Å²) in [5.74, 6) is 0.357. The van der Waals surface area contributed by atoms with Gasteiger partial charge in [-0.15, -0.1) is 0 Å². The Bertz CT molecular complexity index is 1120. The number of carbonyl (C=O) groups is 2. The molecule has 158 valence electrons. The number of hydrogen-bond donors (Lipinski definition) is 1. The Hall–Kier alpha value is -3.60. The number of para-hydroxylation sites is 2. The maximum atomic E-state index is 13.5. The molecule has 0 spiro atoms. The van der Waals surface area contributed by atoms with Crippen molar-refractivity contribution in [1.82, 2.24) is 4.90 Å². The van der Waals surface area contributed by atoms with Gasteiger partial charge in [0.2, 0.25) is 0 Å². The maximum absolute atomic E-state index is 13.5. The molecule has 5 nitrogen and oxygen atoms in total. The van der Waals surface area contributed by atoms with Gasteiger partial charge in [-0.05, 0) is 49.6 Å².